The maximum Gasteiger partial charge on any atom is 0.176 e. The van der Waals surface area contributed by atoms with Gasteiger partial charge in [-0.05, 0) is 24.3 Å². The largest absolute Gasteiger partial charge is 0.495 e. The van der Waals surface area contributed by atoms with Crippen LogP contribution in [0.3, 0.4) is 0 Å². The van der Waals surface area contributed by atoms with Crippen molar-refractivity contribution >= 4 is 5.69 Å². The summed E-state index contributed by atoms with van der Waals surface area (Å²) in [6, 6.07) is 11.1. The molecule has 1 aromatic heterocycles. The summed E-state index contributed by atoms with van der Waals surface area (Å²) >= 11 is 0. The number of aliphatic hydroxyl groups excluding tert-OH is 2. The van der Waals surface area contributed by atoms with E-state index >= 15 is 0 Å². The molecule has 0 amide bonds. The highest BCUT2D eigenvalue weighted by Crippen LogP contribution is 2.34. The van der Waals surface area contributed by atoms with Crippen LogP contribution < -0.4 is 15.0 Å². The zero-order chi connectivity index (χ0) is 22.1. The molecule has 0 spiro atoms. The molecule has 1 aromatic carbocycles. The van der Waals surface area contributed by atoms with Crippen LogP contribution in [-0.2, 0) is 22.6 Å². The fraction of sp³-hybridized carbons (Fsp3) is 0.565. The smallest absolute Gasteiger partial charge is 0.176 e. The first kappa shape index (κ1) is 21.7. The number of benzene rings is 1. The molecule has 0 radical (unpaired) electrons. The van der Waals surface area contributed by atoms with Crippen LogP contribution in [0.4, 0.5) is 5.69 Å². The maximum atomic E-state index is 11.3. The Bertz CT molecular complexity index is 899. The number of piperazine rings is 1. The highest BCUT2D eigenvalue weighted by molar-refractivity contribution is 5.58. The van der Waals surface area contributed by atoms with Gasteiger partial charge in [-0.2, -0.15) is 0 Å². The summed E-state index contributed by atoms with van der Waals surface area (Å²) in [5, 5.41) is 23.9. The van der Waals surface area contributed by atoms with Gasteiger partial charge in [-0.3, -0.25) is 4.90 Å². The van der Waals surface area contributed by atoms with Crippen molar-refractivity contribution in [3.05, 3.63) is 47.9 Å². The van der Waals surface area contributed by atoms with E-state index in [2.05, 4.69) is 21.2 Å². The summed E-state index contributed by atoms with van der Waals surface area (Å²) in [4.78, 5) is 4.59. The lowest BCUT2D eigenvalue weighted by molar-refractivity contribution is -0.183. The van der Waals surface area contributed by atoms with Gasteiger partial charge in [0, 0.05) is 26.2 Å². The van der Waals surface area contributed by atoms with E-state index in [1.54, 1.807) is 13.2 Å². The SMILES string of the molecule is COc1ccccc1N1CCN([C@H]2[C@@H]3OC[C@@H](O3)[C@@H](NCc3ccc(CO)o3)[C@@H]2O)CC1. The maximum absolute atomic E-state index is 11.3. The summed E-state index contributed by atoms with van der Waals surface area (Å²) in [6.45, 7) is 4.01. The predicted molar refractivity (Wildman–Crippen MR) is 116 cm³/mol. The number of methoxy groups -OCH3 is 1. The number of fused-ring (bicyclic) bond motifs is 2. The molecule has 3 fully saturated rings. The highest BCUT2D eigenvalue weighted by Gasteiger charge is 2.52. The van der Waals surface area contributed by atoms with Crippen molar-refractivity contribution in [1.29, 1.82) is 0 Å². The molecule has 2 bridgehead atoms. The van der Waals surface area contributed by atoms with Crippen molar-refractivity contribution in [1.82, 2.24) is 10.2 Å². The standard InChI is InChI=1S/C23H31N3O6/c1-29-18-5-3-2-4-17(18)25-8-10-26(11-9-25)21-22(28)20(19-14-30-23(21)32-19)24-12-15-6-7-16(13-27)31-15/h2-7,19-24,27-28H,8-14H2,1H3/t19-,20-,21-,22+,23-/m1/s1. The van der Waals surface area contributed by atoms with Crippen molar-refractivity contribution in [2.24, 2.45) is 0 Å². The van der Waals surface area contributed by atoms with E-state index in [-0.39, 0.29) is 24.8 Å². The van der Waals surface area contributed by atoms with Crippen LogP contribution in [0.2, 0.25) is 0 Å². The Balaban J connectivity index is 1.23. The molecule has 9 nitrogen and oxygen atoms in total. The lowest BCUT2D eigenvalue weighted by atomic mass is 9.94. The van der Waals surface area contributed by atoms with Gasteiger partial charge >= 0.3 is 0 Å². The first-order chi connectivity index (χ1) is 15.7. The monoisotopic (exact) mass is 445 g/mol. The molecular formula is C23H31N3O6. The quantitative estimate of drug-likeness (QED) is 0.564. The third-order valence-electron chi connectivity index (χ3n) is 6.68. The molecule has 3 aliphatic rings. The van der Waals surface area contributed by atoms with Gasteiger partial charge in [0.05, 0.1) is 44.1 Å². The average Bonchev–Trinajstić information content (AvgIpc) is 3.47. The van der Waals surface area contributed by atoms with E-state index in [1.807, 2.05) is 24.3 Å². The Morgan fingerprint density at radius 3 is 2.62 bits per heavy atom. The van der Waals surface area contributed by atoms with E-state index in [4.69, 9.17) is 18.6 Å². The molecule has 174 valence electrons. The van der Waals surface area contributed by atoms with E-state index in [0.29, 0.717) is 24.7 Å². The zero-order valence-electron chi connectivity index (χ0n) is 18.2. The van der Waals surface area contributed by atoms with E-state index < -0.39 is 12.4 Å². The summed E-state index contributed by atoms with van der Waals surface area (Å²) in [5.41, 5.74) is 1.09. The summed E-state index contributed by atoms with van der Waals surface area (Å²) < 4.78 is 23.1. The van der Waals surface area contributed by atoms with Crippen LogP contribution in [0, 0.1) is 0 Å². The molecule has 9 heteroatoms. The van der Waals surface area contributed by atoms with Crippen LogP contribution in [-0.4, -0.2) is 85.6 Å². The van der Waals surface area contributed by atoms with Crippen molar-refractivity contribution in [2.45, 2.75) is 43.7 Å². The highest BCUT2D eigenvalue weighted by atomic mass is 16.7. The first-order valence-corrected chi connectivity index (χ1v) is 11.2. The molecule has 0 saturated carbocycles. The molecule has 3 N–H and O–H groups in total. The van der Waals surface area contributed by atoms with E-state index in [1.165, 1.54) is 0 Å². The number of anilines is 1. The molecule has 32 heavy (non-hydrogen) atoms. The predicted octanol–water partition coefficient (Wildman–Crippen LogP) is 0.546. The number of ether oxygens (including phenoxy) is 3. The number of nitrogens with one attached hydrogen (secondary N) is 1. The molecule has 2 aromatic rings. The van der Waals surface area contributed by atoms with Crippen molar-refractivity contribution in [3.8, 4) is 5.75 Å². The van der Waals surface area contributed by atoms with Crippen molar-refractivity contribution in [2.75, 3.05) is 44.8 Å². The van der Waals surface area contributed by atoms with Gasteiger partial charge in [0.1, 0.15) is 30.0 Å². The van der Waals surface area contributed by atoms with Crippen LogP contribution in [0.5, 0.6) is 5.75 Å². The third kappa shape index (κ3) is 4.12. The van der Waals surface area contributed by atoms with E-state index in [0.717, 1.165) is 37.6 Å². The summed E-state index contributed by atoms with van der Waals surface area (Å²) in [5.74, 6) is 2.11. The molecule has 3 aliphatic heterocycles. The van der Waals surface area contributed by atoms with Crippen LogP contribution in [0.15, 0.2) is 40.8 Å². The van der Waals surface area contributed by atoms with Crippen LogP contribution >= 0.6 is 0 Å². The minimum atomic E-state index is -0.633. The first-order valence-electron chi connectivity index (χ1n) is 11.2. The lowest BCUT2D eigenvalue weighted by Gasteiger charge is -2.47. The number of hydrogen-bond acceptors (Lipinski definition) is 9. The Labute approximate surface area is 187 Å². The van der Waals surface area contributed by atoms with Gasteiger partial charge < -0.3 is 39.1 Å². The van der Waals surface area contributed by atoms with Crippen LogP contribution in [0.1, 0.15) is 11.5 Å². The zero-order valence-corrected chi connectivity index (χ0v) is 18.2. The molecule has 0 aliphatic carbocycles. The Morgan fingerprint density at radius 1 is 1.09 bits per heavy atom. The molecule has 4 heterocycles. The molecular weight excluding hydrogens is 414 g/mol. The van der Waals surface area contributed by atoms with Crippen molar-refractivity contribution < 1.29 is 28.8 Å². The Morgan fingerprint density at radius 2 is 1.88 bits per heavy atom. The number of nitrogens with zero attached hydrogens (tertiary/aromatic N) is 2. The fourth-order valence-electron chi connectivity index (χ4n) is 5.01. The van der Waals surface area contributed by atoms with Crippen LogP contribution in [0.25, 0.3) is 0 Å². The Hall–Kier alpha value is -2.14. The second-order valence-corrected chi connectivity index (χ2v) is 8.49. The molecule has 3 saturated heterocycles. The van der Waals surface area contributed by atoms with Gasteiger partial charge in [0.2, 0.25) is 0 Å². The number of aliphatic hydroxyl groups is 2. The second kappa shape index (κ2) is 9.38. The summed E-state index contributed by atoms with van der Waals surface area (Å²) in [6.07, 6.45) is -1.25. The van der Waals surface area contributed by atoms with Gasteiger partial charge in [0.15, 0.2) is 6.29 Å². The number of rotatable bonds is 7. The average molecular weight is 446 g/mol. The number of para-hydroxylation sites is 2. The van der Waals surface area contributed by atoms with Crippen molar-refractivity contribution in [3.63, 3.8) is 0 Å². The van der Waals surface area contributed by atoms with Gasteiger partial charge in [0.25, 0.3) is 0 Å². The van der Waals surface area contributed by atoms with Gasteiger partial charge in [-0.15, -0.1) is 0 Å². The Kier molecular flexibility index (Phi) is 6.36. The minimum absolute atomic E-state index is 0.129. The van der Waals surface area contributed by atoms with Gasteiger partial charge in [-0.25, -0.2) is 0 Å². The number of furan rings is 1. The fourth-order valence-corrected chi connectivity index (χ4v) is 5.01. The van der Waals surface area contributed by atoms with Gasteiger partial charge in [-0.1, -0.05) is 12.1 Å². The summed E-state index contributed by atoms with van der Waals surface area (Å²) in [7, 11) is 1.69. The van der Waals surface area contributed by atoms with E-state index in [9.17, 15) is 10.2 Å². The molecule has 5 atom stereocenters. The number of hydrogen-bond donors (Lipinski definition) is 3. The topological polar surface area (TPSA) is 99.8 Å². The molecule has 0 unspecified atom stereocenters. The normalized spacial score (nSPS) is 30.6. The minimum Gasteiger partial charge on any atom is -0.495 e. The third-order valence-corrected chi connectivity index (χ3v) is 6.68. The molecule has 5 rings (SSSR count). The lowest BCUT2D eigenvalue weighted by Crippen LogP contribution is -2.66. The second-order valence-electron chi connectivity index (χ2n) is 8.49.